The van der Waals surface area contributed by atoms with Crippen LogP contribution in [0.2, 0.25) is 0 Å². The normalized spacial score (nSPS) is 15.3. The first-order valence-electron chi connectivity index (χ1n) is 5.12. The van der Waals surface area contributed by atoms with Crippen LogP contribution in [0.3, 0.4) is 0 Å². The topological polar surface area (TPSA) is 43.4 Å². The van der Waals surface area contributed by atoms with Crippen molar-refractivity contribution in [3.8, 4) is 0 Å². The van der Waals surface area contributed by atoms with Crippen molar-refractivity contribution in [2.24, 2.45) is 0 Å². The van der Waals surface area contributed by atoms with Crippen molar-refractivity contribution in [2.45, 2.75) is 19.3 Å². The molecule has 4 heteroatoms. The van der Waals surface area contributed by atoms with Crippen LogP contribution >= 0.6 is 11.3 Å². The number of hydrogen-bond donors (Lipinski definition) is 0. The minimum atomic E-state index is -0.364. The van der Waals surface area contributed by atoms with Crippen LogP contribution < -0.4 is 0 Å². The molecule has 0 spiro atoms. The van der Waals surface area contributed by atoms with Gasteiger partial charge in [0.1, 0.15) is 0 Å². The minimum Gasteiger partial charge on any atom is -0.466 e. The molecule has 3 nitrogen and oxygen atoms in total. The molecule has 0 fully saturated rings. The van der Waals surface area contributed by atoms with Crippen LogP contribution in [-0.4, -0.2) is 18.9 Å². The number of rotatable bonds is 3. The SMILES string of the molecule is COC(=O)C1=C(C(=O)c2cccs2)CCC1. The molecule has 0 radical (unpaired) electrons. The molecular weight excluding hydrogens is 224 g/mol. The van der Waals surface area contributed by atoms with Gasteiger partial charge in [-0.3, -0.25) is 4.79 Å². The molecule has 0 unspecified atom stereocenters. The van der Waals surface area contributed by atoms with Gasteiger partial charge in [-0.15, -0.1) is 11.3 Å². The van der Waals surface area contributed by atoms with E-state index < -0.39 is 0 Å². The standard InChI is InChI=1S/C12H12O3S/c1-15-12(14)9-5-2-4-8(9)11(13)10-6-3-7-16-10/h3,6-7H,2,4-5H2,1H3. The van der Waals surface area contributed by atoms with Gasteiger partial charge in [0.25, 0.3) is 0 Å². The summed E-state index contributed by atoms with van der Waals surface area (Å²) in [4.78, 5) is 24.2. The maximum Gasteiger partial charge on any atom is 0.334 e. The average molecular weight is 236 g/mol. The molecule has 0 saturated carbocycles. The summed E-state index contributed by atoms with van der Waals surface area (Å²) in [5.41, 5.74) is 1.19. The van der Waals surface area contributed by atoms with Crippen molar-refractivity contribution in [3.63, 3.8) is 0 Å². The summed E-state index contributed by atoms with van der Waals surface area (Å²) in [5, 5.41) is 1.86. The molecule has 0 aliphatic heterocycles. The van der Waals surface area contributed by atoms with Crippen molar-refractivity contribution < 1.29 is 14.3 Å². The lowest BCUT2D eigenvalue weighted by Gasteiger charge is -2.03. The Bertz CT molecular complexity index is 443. The monoisotopic (exact) mass is 236 g/mol. The smallest absolute Gasteiger partial charge is 0.334 e. The van der Waals surface area contributed by atoms with E-state index in [2.05, 4.69) is 4.74 Å². The van der Waals surface area contributed by atoms with Crippen molar-refractivity contribution in [2.75, 3.05) is 7.11 Å². The zero-order valence-electron chi connectivity index (χ0n) is 8.99. The Morgan fingerprint density at radius 3 is 2.69 bits per heavy atom. The molecule has 1 aromatic heterocycles. The first kappa shape index (κ1) is 11.1. The van der Waals surface area contributed by atoms with Gasteiger partial charge in [0.15, 0.2) is 5.78 Å². The minimum absolute atomic E-state index is 0.0205. The number of carbonyl (C=O) groups excluding carboxylic acids is 2. The number of carbonyl (C=O) groups is 2. The van der Waals surface area contributed by atoms with E-state index in [4.69, 9.17) is 0 Å². The van der Waals surface area contributed by atoms with E-state index in [9.17, 15) is 9.59 Å². The van der Waals surface area contributed by atoms with Crippen LogP contribution in [0.25, 0.3) is 0 Å². The summed E-state index contributed by atoms with van der Waals surface area (Å²) < 4.78 is 4.69. The van der Waals surface area contributed by atoms with Gasteiger partial charge in [-0.1, -0.05) is 6.07 Å². The molecule has 0 aromatic carbocycles. The van der Waals surface area contributed by atoms with Gasteiger partial charge in [0.2, 0.25) is 0 Å². The van der Waals surface area contributed by atoms with E-state index >= 15 is 0 Å². The summed E-state index contributed by atoms with van der Waals surface area (Å²) in [7, 11) is 1.35. The zero-order chi connectivity index (χ0) is 11.5. The van der Waals surface area contributed by atoms with E-state index in [1.165, 1.54) is 18.4 Å². The Balaban J connectivity index is 2.32. The predicted molar refractivity (Wildman–Crippen MR) is 61.5 cm³/mol. The van der Waals surface area contributed by atoms with Crippen LogP contribution in [0, 0.1) is 0 Å². The Morgan fingerprint density at radius 2 is 2.06 bits per heavy atom. The lowest BCUT2D eigenvalue weighted by Crippen LogP contribution is -2.09. The van der Waals surface area contributed by atoms with Crippen LogP contribution in [0.4, 0.5) is 0 Å². The summed E-state index contributed by atoms with van der Waals surface area (Å²) >= 11 is 1.40. The number of hydrogen-bond acceptors (Lipinski definition) is 4. The molecule has 84 valence electrons. The van der Waals surface area contributed by atoms with Crippen molar-refractivity contribution in [1.82, 2.24) is 0 Å². The average Bonchev–Trinajstić information content (AvgIpc) is 2.97. The van der Waals surface area contributed by atoms with Gasteiger partial charge in [-0.05, 0) is 30.7 Å². The van der Waals surface area contributed by atoms with Crippen molar-refractivity contribution in [3.05, 3.63) is 33.5 Å². The Hall–Kier alpha value is -1.42. The summed E-state index contributed by atoms with van der Waals surface area (Å²) in [6.45, 7) is 0. The Labute approximate surface area is 97.7 Å². The lowest BCUT2D eigenvalue weighted by atomic mass is 10.1. The quantitative estimate of drug-likeness (QED) is 0.598. The highest BCUT2D eigenvalue weighted by Gasteiger charge is 2.27. The fourth-order valence-corrected chi connectivity index (χ4v) is 2.59. The molecule has 0 amide bonds. The molecule has 1 heterocycles. The third kappa shape index (κ3) is 1.93. The molecular formula is C12H12O3S. The molecule has 0 saturated heterocycles. The third-order valence-corrected chi connectivity index (χ3v) is 3.54. The highest BCUT2D eigenvalue weighted by Crippen LogP contribution is 2.30. The number of allylic oxidation sites excluding steroid dienone is 1. The van der Waals surface area contributed by atoms with Gasteiger partial charge >= 0.3 is 5.97 Å². The zero-order valence-corrected chi connectivity index (χ0v) is 9.80. The maximum atomic E-state index is 12.1. The predicted octanol–water partition coefficient (Wildman–Crippen LogP) is 2.58. The second kappa shape index (κ2) is 4.61. The first-order chi connectivity index (χ1) is 7.74. The molecule has 2 rings (SSSR count). The largest absolute Gasteiger partial charge is 0.466 e. The molecule has 0 N–H and O–H groups in total. The Kier molecular flexibility index (Phi) is 3.19. The van der Waals surface area contributed by atoms with E-state index in [1.807, 2.05) is 11.4 Å². The third-order valence-electron chi connectivity index (χ3n) is 2.67. The van der Waals surface area contributed by atoms with Gasteiger partial charge in [-0.25, -0.2) is 4.79 Å². The number of ether oxygens (including phenoxy) is 1. The van der Waals surface area contributed by atoms with Gasteiger partial charge < -0.3 is 4.74 Å². The highest BCUT2D eigenvalue weighted by atomic mass is 32.1. The van der Waals surface area contributed by atoms with E-state index in [0.29, 0.717) is 28.9 Å². The van der Waals surface area contributed by atoms with Gasteiger partial charge in [-0.2, -0.15) is 0 Å². The van der Waals surface area contributed by atoms with Crippen LogP contribution in [0.1, 0.15) is 28.9 Å². The number of ketones is 1. The van der Waals surface area contributed by atoms with Gasteiger partial charge in [0, 0.05) is 11.1 Å². The molecule has 0 bridgehead atoms. The van der Waals surface area contributed by atoms with Crippen molar-refractivity contribution in [1.29, 1.82) is 0 Å². The fourth-order valence-electron chi connectivity index (χ4n) is 1.90. The van der Waals surface area contributed by atoms with E-state index in [-0.39, 0.29) is 11.8 Å². The van der Waals surface area contributed by atoms with Gasteiger partial charge in [0.05, 0.1) is 12.0 Å². The van der Waals surface area contributed by atoms with Crippen molar-refractivity contribution >= 4 is 23.1 Å². The second-order valence-corrected chi connectivity index (χ2v) is 4.56. The van der Waals surface area contributed by atoms with Crippen LogP contribution in [0.15, 0.2) is 28.7 Å². The van der Waals surface area contributed by atoms with Crippen LogP contribution in [0.5, 0.6) is 0 Å². The maximum absolute atomic E-state index is 12.1. The van der Waals surface area contributed by atoms with E-state index in [0.717, 1.165) is 6.42 Å². The molecule has 16 heavy (non-hydrogen) atoms. The van der Waals surface area contributed by atoms with E-state index in [1.54, 1.807) is 6.07 Å². The molecule has 0 atom stereocenters. The first-order valence-corrected chi connectivity index (χ1v) is 6.00. The highest BCUT2D eigenvalue weighted by molar-refractivity contribution is 7.12. The summed E-state index contributed by atoms with van der Waals surface area (Å²) in [5.74, 6) is -0.384. The molecule has 1 aliphatic rings. The van der Waals surface area contributed by atoms with Crippen LogP contribution in [-0.2, 0) is 9.53 Å². The fraction of sp³-hybridized carbons (Fsp3) is 0.333. The number of methoxy groups -OCH3 is 1. The summed E-state index contributed by atoms with van der Waals surface area (Å²) in [6.07, 6.45) is 2.19. The number of Topliss-reactive ketones (excluding diaryl/α,β-unsaturated/α-hetero) is 1. The number of esters is 1. The molecule has 1 aromatic rings. The lowest BCUT2D eigenvalue weighted by molar-refractivity contribution is -0.136. The molecule has 1 aliphatic carbocycles. The Morgan fingerprint density at radius 1 is 1.31 bits per heavy atom. The number of thiophene rings is 1. The summed E-state index contributed by atoms with van der Waals surface area (Å²) in [6, 6.07) is 3.62. The second-order valence-electron chi connectivity index (χ2n) is 3.61.